The van der Waals surface area contributed by atoms with Crippen molar-refractivity contribution in [3.05, 3.63) is 53.7 Å². The smallest absolute Gasteiger partial charge is 0.468 e. The molecule has 1 unspecified atom stereocenters. The van der Waals surface area contributed by atoms with Crippen LogP contribution < -0.4 is 26.4 Å². The number of hydrogen-bond acceptors (Lipinski definition) is 10. The molecule has 0 aliphatic heterocycles. The number of nitrogens with zero attached hydrogens (tertiary/aromatic N) is 5. The van der Waals surface area contributed by atoms with E-state index in [0.29, 0.717) is 27.0 Å². The summed E-state index contributed by atoms with van der Waals surface area (Å²) in [6, 6.07) is 11.5. The minimum Gasteiger partial charge on any atom is -0.468 e. The fourth-order valence-corrected chi connectivity index (χ4v) is 3.85. The molecule has 2 heterocycles. The molecule has 4 aromatic rings. The normalized spacial score (nSPS) is 11.9. The molecular formula is C19H19BN8O5S. The highest BCUT2D eigenvalue weighted by atomic mass is 32.2. The molecule has 13 nitrogen and oxygen atoms in total. The first kappa shape index (κ1) is 23.3. The minimum absolute atomic E-state index is 0.00587. The molecule has 1 amide bonds. The summed E-state index contributed by atoms with van der Waals surface area (Å²) >= 11 is 0. The Balaban J connectivity index is 1.78. The van der Waals surface area contributed by atoms with Gasteiger partial charge in [0.15, 0.2) is 11.5 Å². The Hall–Kier alpha value is -3.92. The Morgan fingerprint density at radius 3 is 2.65 bits per heavy atom. The van der Waals surface area contributed by atoms with Crippen LogP contribution in [-0.4, -0.2) is 59.1 Å². The lowest BCUT2D eigenvalue weighted by Gasteiger charge is -2.12. The number of nitrogens with two attached hydrogens (primary N) is 2. The summed E-state index contributed by atoms with van der Waals surface area (Å²) in [5.74, 6) is -0.807. The predicted octanol–water partition coefficient (Wildman–Crippen LogP) is -1.41. The second kappa shape index (κ2) is 9.52. The van der Waals surface area contributed by atoms with E-state index in [1.54, 1.807) is 42.5 Å². The van der Waals surface area contributed by atoms with Gasteiger partial charge >= 0.3 is 13.1 Å². The topological polar surface area (TPSA) is 204 Å². The van der Waals surface area contributed by atoms with Gasteiger partial charge in [0, 0.05) is 6.54 Å². The molecule has 0 saturated heterocycles. The molecule has 174 valence electrons. The van der Waals surface area contributed by atoms with Gasteiger partial charge in [0.1, 0.15) is 16.5 Å². The third kappa shape index (κ3) is 4.44. The molecule has 4 rings (SSSR count). The zero-order valence-corrected chi connectivity index (χ0v) is 18.6. The molecule has 0 aliphatic rings. The van der Waals surface area contributed by atoms with Crippen molar-refractivity contribution in [2.24, 2.45) is 10.9 Å². The first-order valence-electron chi connectivity index (χ1n) is 9.75. The second-order valence-electron chi connectivity index (χ2n) is 7.00. The molecule has 15 heteroatoms. The van der Waals surface area contributed by atoms with E-state index in [9.17, 15) is 19.1 Å². The average molecular weight is 482 g/mol. The van der Waals surface area contributed by atoms with E-state index in [4.69, 9.17) is 15.6 Å². The number of carbonyl (C=O) groups is 1. The molecule has 0 aliphatic carbocycles. The summed E-state index contributed by atoms with van der Waals surface area (Å²) in [4.78, 5) is 20.9. The Morgan fingerprint density at radius 2 is 1.97 bits per heavy atom. The highest BCUT2D eigenvalue weighted by Gasteiger charge is 2.22. The lowest BCUT2D eigenvalue weighted by atomic mass is 9.80. The number of hydrogen-bond donors (Lipinski definition) is 5. The Labute approximate surface area is 195 Å². The number of aromatic nitrogens is 5. The predicted molar refractivity (Wildman–Crippen MR) is 124 cm³/mol. The molecule has 7 N–H and O–H groups in total. The SMILES string of the molecule is COc1nc2c(S(N)=O)cccc2n1-c1nnc(C(N)=O)c(NCc2cccc(B(O)O)c2)n1. The minimum atomic E-state index is -1.80. The number of benzene rings is 2. The van der Waals surface area contributed by atoms with Gasteiger partial charge in [0.2, 0.25) is 0 Å². The molecule has 0 saturated carbocycles. The van der Waals surface area contributed by atoms with Crippen LogP contribution in [0.15, 0.2) is 47.4 Å². The van der Waals surface area contributed by atoms with Crippen molar-refractivity contribution < 1.29 is 23.8 Å². The van der Waals surface area contributed by atoms with Gasteiger partial charge in [0.25, 0.3) is 11.9 Å². The number of para-hydroxylation sites is 1. The van der Waals surface area contributed by atoms with E-state index in [0.717, 1.165) is 0 Å². The number of anilines is 1. The quantitative estimate of drug-likeness (QED) is 0.186. The first-order valence-corrected chi connectivity index (χ1v) is 11.0. The number of carbonyl (C=O) groups excluding carboxylic acids is 1. The molecule has 1 atom stereocenters. The van der Waals surface area contributed by atoms with Crippen molar-refractivity contribution >= 4 is 46.3 Å². The number of primary amides is 1. The van der Waals surface area contributed by atoms with Gasteiger partial charge in [-0.3, -0.25) is 4.79 Å². The molecule has 0 spiro atoms. The summed E-state index contributed by atoms with van der Waals surface area (Å²) in [6.07, 6.45) is 0. The Bertz CT molecular complexity index is 1410. The summed E-state index contributed by atoms with van der Waals surface area (Å²) in [5, 5.41) is 35.2. The summed E-state index contributed by atoms with van der Waals surface area (Å²) in [6.45, 7) is 0.164. The summed E-state index contributed by atoms with van der Waals surface area (Å²) in [5.41, 5.74) is 7.01. The molecular weight excluding hydrogens is 463 g/mol. The third-order valence-electron chi connectivity index (χ3n) is 4.83. The van der Waals surface area contributed by atoms with Crippen LogP contribution in [0.3, 0.4) is 0 Å². The first-order chi connectivity index (χ1) is 16.3. The van der Waals surface area contributed by atoms with Crippen molar-refractivity contribution in [1.29, 1.82) is 0 Å². The van der Waals surface area contributed by atoms with Crippen molar-refractivity contribution in [2.75, 3.05) is 12.4 Å². The van der Waals surface area contributed by atoms with Crippen LogP contribution in [0, 0.1) is 0 Å². The van der Waals surface area contributed by atoms with Crippen molar-refractivity contribution in [1.82, 2.24) is 24.7 Å². The van der Waals surface area contributed by atoms with Crippen molar-refractivity contribution in [3.63, 3.8) is 0 Å². The number of rotatable bonds is 8. The van der Waals surface area contributed by atoms with E-state index in [2.05, 4.69) is 25.5 Å². The maximum atomic E-state index is 11.9. The van der Waals surface area contributed by atoms with Crippen molar-refractivity contribution in [3.8, 4) is 12.0 Å². The Morgan fingerprint density at radius 1 is 1.21 bits per heavy atom. The number of amides is 1. The van der Waals surface area contributed by atoms with E-state index >= 15 is 0 Å². The fraction of sp³-hybridized carbons (Fsp3) is 0.105. The molecule has 2 aromatic heterocycles. The molecule has 0 radical (unpaired) electrons. The standard InChI is InChI=1S/C19H19BN8O5S/c1-33-19-24-14-12(6-3-7-13(14)34(22)32)28(19)18-25-17(15(16(21)29)26-27-18)23-9-10-4-2-5-11(8-10)20(30)31/h2-8,30-31H,9,22H2,1H3,(H2,21,29)(H,23,25,27). The number of nitrogens with one attached hydrogen (secondary N) is 1. The van der Waals surface area contributed by atoms with E-state index < -0.39 is 24.0 Å². The summed E-state index contributed by atoms with van der Waals surface area (Å²) in [7, 11) is -2.03. The van der Waals surface area contributed by atoms with Gasteiger partial charge in [-0.25, -0.2) is 13.9 Å². The average Bonchev–Trinajstić information content (AvgIpc) is 3.21. The molecule has 2 aromatic carbocycles. The highest BCUT2D eigenvalue weighted by molar-refractivity contribution is 7.83. The zero-order chi connectivity index (χ0) is 24.4. The van der Waals surface area contributed by atoms with Crippen molar-refractivity contribution in [2.45, 2.75) is 11.4 Å². The third-order valence-corrected chi connectivity index (χ3v) is 5.60. The van der Waals surface area contributed by atoms with Gasteiger partial charge in [-0.05, 0) is 23.2 Å². The molecule has 34 heavy (non-hydrogen) atoms. The van der Waals surface area contributed by atoms with Crippen LogP contribution in [0.4, 0.5) is 5.82 Å². The van der Waals surface area contributed by atoms with Crippen LogP contribution in [0.1, 0.15) is 16.1 Å². The van der Waals surface area contributed by atoms with Gasteiger partial charge in [-0.1, -0.05) is 30.3 Å². The van der Waals surface area contributed by atoms with Crippen LogP contribution >= 0.6 is 0 Å². The largest absolute Gasteiger partial charge is 0.488 e. The number of methoxy groups -OCH3 is 1. The Kier molecular flexibility index (Phi) is 6.51. The maximum Gasteiger partial charge on any atom is 0.488 e. The van der Waals surface area contributed by atoms with Crippen LogP contribution in [0.5, 0.6) is 6.01 Å². The zero-order valence-electron chi connectivity index (χ0n) is 17.7. The lowest BCUT2D eigenvalue weighted by Crippen LogP contribution is -2.30. The van der Waals surface area contributed by atoms with Crippen LogP contribution in [-0.2, 0) is 17.5 Å². The molecule has 0 bridgehead atoms. The highest BCUT2D eigenvalue weighted by Crippen LogP contribution is 2.28. The second-order valence-corrected chi connectivity index (χ2v) is 8.04. The van der Waals surface area contributed by atoms with Crippen LogP contribution in [0.2, 0.25) is 0 Å². The fourth-order valence-electron chi connectivity index (χ4n) is 3.30. The molecule has 0 fully saturated rings. The van der Waals surface area contributed by atoms with Gasteiger partial charge in [-0.2, -0.15) is 9.97 Å². The number of ether oxygens (including phenoxy) is 1. The monoisotopic (exact) mass is 482 g/mol. The summed E-state index contributed by atoms with van der Waals surface area (Å²) < 4.78 is 18.7. The van der Waals surface area contributed by atoms with Gasteiger partial charge in [-0.15, -0.1) is 10.2 Å². The number of fused-ring (bicyclic) bond motifs is 1. The van der Waals surface area contributed by atoms with Gasteiger partial charge in [0.05, 0.1) is 17.5 Å². The van der Waals surface area contributed by atoms with E-state index in [1.807, 2.05) is 0 Å². The maximum absolute atomic E-state index is 11.9. The van der Waals surface area contributed by atoms with E-state index in [1.165, 1.54) is 11.7 Å². The van der Waals surface area contributed by atoms with Crippen LogP contribution in [0.25, 0.3) is 17.0 Å². The lowest BCUT2D eigenvalue weighted by molar-refractivity contribution is 0.0995. The van der Waals surface area contributed by atoms with Gasteiger partial charge < -0.3 is 25.8 Å². The van der Waals surface area contributed by atoms with E-state index in [-0.39, 0.29) is 30.0 Å². The number of imidazole rings is 1.